The second-order valence-electron chi connectivity index (χ2n) is 9.03. The summed E-state index contributed by atoms with van der Waals surface area (Å²) in [6.07, 6.45) is 6.14. The standard InChI is InChI=1S/C29H28N4O6/c1-3-11-38-29(36)33-23-14-26(39-17-19-7-5-4-6-8-19)25(37-2)13-22(23)27(34)32-10-9-20(12-24(32)28(33)35)21-15-30-18-31-16-21/h3-9,13-16,18,24,28,35H,1,10-12,17H2,2H3/t24-,28?/m0/s1. The molecule has 2 aliphatic rings. The molecule has 0 saturated carbocycles. The first kappa shape index (κ1) is 25.9. The van der Waals surface area contributed by atoms with E-state index in [0.29, 0.717) is 11.5 Å². The Labute approximate surface area is 225 Å². The monoisotopic (exact) mass is 528 g/mol. The first-order valence-electron chi connectivity index (χ1n) is 12.4. The molecule has 0 spiro atoms. The number of methoxy groups -OCH3 is 1. The first-order chi connectivity index (χ1) is 19.0. The van der Waals surface area contributed by atoms with Crippen molar-refractivity contribution >= 4 is 23.3 Å². The Kier molecular flexibility index (Phi) is 7.55. The molecule has 39 heavy (non-hydrogen) atoms. The van der Waals surface area contributed by atoms with E-state index >= 15 is 0 Å². The lowest BCUT2D eigenvalue weighted by molar-refractivity contribution is 0.0397. The van der Waals surface area contributed by atoms with Crippen molar-refractivity contribution in [3.05, 3.63) is 96.6 Å². The first-order valence-corrected chi connectivity index (χ1v) is 12.4. The number of hydrogen-bond acceptors (Lipinski definition) is 8. The fourth-order valence-electron chi connectivity index (χ4n) is 4.77. The molecule has 200 valence electrons. The number of fused-ring (bicyclic) bond motifs is 2. The van der Waals surface area contributed by atoms with E-state index in [9.17, 15) is 14.7 Å². The summed E-state index contributed by atoms with van der Waals surface area (Å²) in [7, 11) is 1.48. The highest BCUT2D eigenvalue weighted by atomic mass is 16.6. The summed E-state index contributed by atoms with van der Waals surface area (Å²) < 4.78 is 16.9. The summed E-state index contributed by atoms with van der Waals surface area (Å²) in [6.45, 7) is 3.97. The van der Waals surface area contributed by atoms with Gasteiger partial charge in [0.15, 0.2) is 17.7 Å². The van der Waals surface area contributed by atoms with E-state index in [0.717, 1.165) is 21.6 Å². The summed E-state index contributed by atoms with van der Waals surface area (Å²) in [5.41, 5.74) is 2.89. The molecule has 1 unspecified atom stereocenters. The molecule has 3 aromatic rings. The van der Waals surface area contributed by atoms with Gasteiger partial charge in [-0.25, -0.2) is 19.7 Å². The molecular weight excluding hydrogens is 500 g/mol. The fraction of sp³-hybridized carbons (Fsp3) is 0.241. The highest BCUT2D eigenvalue weighted by Crippen LogP contribution is 2.42. The van der Waals surface area contributed by atoms with Gasteiger partial charge >= 0.3 is 6.09 Å². The van der Waals surface area contributed by atoms with Crippen LogP contribution in [-0.4, -0.2) is 64.5 Å². The predicted octanol–water partition coefficient (Wildman–Crippen LogP) is 3.82. The van der Waals surface area contributed by atoms with Gasteiger partial charge in [-0.2, -0.15) is 0 Å². The lowest BCUT2D eigenvalue weighted by atomic mass is 9.94. The Morgan fingerprint density at radius 1 is 1.18 bits per heavy atom. The minimum absolute atomic E-state index is 0.0697. The van der Waals surface area contributed by atoms with E-state index in [1.165, 1.54) is 31.6 Å². The molecule has 0 aliphatic carbocycles. The summed E-state index contributed by atoms with van der Waals surface area (Å²) in [4.78, 5) is 38.0. The third kappa shape index (κ3) is 5.19. The topological polar surface area (TPSA) is 114 Å². The van der Waals surface area contributed by atoms with Gasteiger partial charge in [0.25, 0.3) is 5.91 Å². The zero-order valence-electron chi connectivity index (χ0n) is 21.4. The number of aliphatic hydroxyl groups excluding tert-OH is 1. The number of nitrogens with zero attached hydrogens (tertiary/aromatic N) is 4. The molecule has 0 fully saturated rings. The molecule has 1 N–H and O–H groups in total. The SMILES string of the molecule is C=CCOC(=O)N1c2cc(OCc3ccccc3)c(OC)cc2C(=O)N2CC=C(c3cncnc3)C[C@H]2C1O. The van der Waals surface area contributed by atoms with Crippen molar-refractivity contribution < 1.29 is 28.9 Å². The van der Waals surface area contributed by atoms with Gasteiger partial charge in [-0.15, -0.1) is 0 Å². The van der Waals surface area contributed by atoms with Crippen LogP contribution in [-0.2, 0) is 11.3 Å². The summed E-state index contributed by atoms with van der Waals surface area (Å²) in [5.74, 6) is 0.266. The normalized spacial score (nSPS) is 18.3. The summed E-state index contributed by atoms with van der Waals surface area (Å²) >= 11 is 0. The number of rotatable bonds is 7. The van der Waals surface area contributed by atoms with Gasteiger partial charge in [0, 0.05) is 30.6 Å². The van der Waals surface area contributed by atoms with Crippen LogP contribution in [0.3, 0.4) is 0 Å². The van der Waals surface area contributed by atoms with Gasteiger partial charge in [-0.1, -0.05) is 49.1 Å². The smallest absolute Gasteiger partial charge is 0.416 e. The number of benzene rings is 2. The molecular formula is C29H28N4O6. The molecule has 2 aromatic carbocycles. The van der Waals surface area contributed by atoms with E-state index in [4.69, 9.17) is 14.2 Å². The molecule has 0 bridgehead atoms. The van der Waals surface area contributed by atoms with Crippen LogP contribution in [0.4, 0.5) is 10.5 Å². The van der Waals surface area contributed by atoms with Crippen molar-refractivity contribution in [1.29, 1.82) is 0 Å². The molecule has 10 heteroatoms. The Morgan fingerprint density at radius 3 is 2.67 bits per heavy atom. The quantitative estimate of drug-likeness (QED) is 0.461. The molecule has 2 amide bonds. The van der Waals surface area contributed by atoms with Gasteiger partial charge in [-0.3, -0.25) is 4.79 Å². The third-order valence-corrected chi connectivity index (χ3v) is 6.70. The van der Waals surface area contributed by atoms with Crippen molar-refractivity contribution in [3.63, 3.8) is 0 Å². The van der Waals surface area contributed by atoms with E-state index < -0.39 is 18.4 Å². The number of hydrogen-bond donors (Lipinski definition) is 1. The Balaban J connectivity index is 1.56. The second kappa shape index (κ2) is 11.4. The molecule has 2 atom stereocenters. The van der Waals surface area contributed by atoms with Crippen LogP contribution in [0.1, 0.15) is 27.9 Å². The van der Waals surface area contributed by atoms with E-state index in [1.807, 2.05) is 36.4 Å². The summed E-state index contributed by atoms with van der Waals surface area (Å²) in [5, 5.41) is 11.6. The van der Waals surface area contributed by atoms with Crippen molar-refractivity contribution in [1.82, 2.24) is 14.9 Å². The number of anilines is 1. The van der Waals surface area contributed by atoms with Gasteiger partial charge in [-0.05, 0) is 23.6 Å². The van der Waals surface area contributed by atoms with Gasteiger partial charge in [0.1, 0.15) is 19.5 Å². The van der Waals surface area contributed by atoms with Crippen LogP contribution in [0.15, 0.2) is 79.9 Å². The van der Waals surface area contributed by atoms with E-state index in [1.54, 1.807) is 17.3 Å². The molecule has 0 saturated heterocycles. The van der Waals surface area contributed by atoms with Crippen LogP contribution in [0, 0.1) is 0 Å². The minimum atomic E-state index is -1.42. The number of aromatic nitrogens is 2. The van der Waals surface area contributed by atoms with Crippen LogP contribution in [0.5, 0.6) is 11.5 Å². The molecule has 3 heterocycles. The van der Waals surface area contributed by atoms with Crippen molar-refractivity contribution in [2.45, 2.75) is 25.3 Å². The van der Waals surface area contributed by atoms with E-state index in [2.05, 4.69) is 16.5 Å². The maximum atomic E-state index is 13.9. The number of amides is 2. The Morgan fingerprint density at radius 2 is 1.95 bits per heavy atom. The largest absolute Gasteiger partial charge is 0.493 e. The molecule has 10 nitrogen and oxygen atoms in total. The second-order valence-corrected chi connectivity index (χ2v) is 9.03. The van der Waals surface area contributed by atoms with Crippen LogP contribution in [0.25, 0.3) is 5.57 Å². The average Bonchev–Trinajstić information content (AvgIpc) is 3.07. The predicted molar refractivity (Wildman–Crippen MR) is 143 cm³/mol. The number of ether oxygens (including phenoxy) is 3. The Hall–Kier alpha value is -4.70. The molecule has 1 aromatic heterocycles. The van der Waals surface area contributed by atoms with Crippen molar-refractivity contribution in [2.75, 3.05) is 25.2 Å². The van der Waals surface area contributed by atoms with Crippen LogP contribution in [0.2, 0.25) is 0 Å². The fourth-order valence-corrected chi connectivity index (χ4v) is 4.77. The Bertz CT molecular complexity index is 1400. The van der Waals surface area contributed by atoms with Crippen molar-refractivity contribution in [3.8, 4) is 11.5 Å². The lowest BCUT2D eigenvalue weighted by Crippen LogP contribution is -2.54. The number of aliphatic hydroxyl groups is 1. The molecule has 5 rings (SSSR count). The number of carbonyl (C=O) groups is 2. The van der Waals surface area contributed by atoms with Crippen molar-refractivity contribution in [2.24, 2.45) is 0 Å². The maximum absolute atomic E-state index is 13.9. The third-order valence-electron chi connectivity index (χ3n) is 6.70. The molecule has 2 aliphatic heterocycles. The van der Waals surface area contributed by atoms with E-state index in [-0.39, 0.29) is 43.3 Å². The van der Waals surface area contributed by atoms with Crippen LogP contribution >= 0.6 is 0 Å². The average molecular weight is 529 g/mol. The highest BCUT2D eigenvalue weighted by Gasteiger charge is 2.44. The summed E-state index contributed by atoms with van der Waals surface area (Å²) in [6, 6.07) is 11.9. The minimum Gasteiger partial charge on any atom is -0.493 e. The number of carbonyl (C=O) groups excluding carboxylic acids is 2. The van der Waals surface area contributed by atoms with Gasteiger partial charge in [0.05, 0.1) is 24.4 Å². The maximum Gasteiger partial charge on any atom is 0.416 e. The zero-order valence-corrected chi connectivity index (χ0v) is 21.4. The zero-order chi connectivity index (χ0) is 27.4. The molecule has 0 radical (unpaired) electrons. The van der Waals surface area contributed by atoms with Gasteiger partial charge in [0.2, 0.25) is 0 Å². The van der Waals surface area contributed by atoms with Crippen LogP contribution < -0.4 is 14.4 Å². The highest BCUT2D eigenvalue weighted by molar-refractivity contribution is 6.06. The lowest BCUT2D eigenvalue weighted by Gasteiger charge is -2.38. The van der Waals surface area contributed by atoms with Gasteiger partial charge < -0.3 is 24.2 Å².